The molecular formula is C13H25N3. The predicted octanol–water partition coefficient (Wildman–Crippen LogP) is 2.22. The SMILES string of the molecule is CC(C)CN1C(N)=NCC12CCC(C)CC2. The molecule has 0 bridgehead atoms. The summed E-state index contributed by atoms with van der Waals surface area (Å²) in [4.78, 5) is 6.89. The maximum atomic E-state index is 6.04. The van der Waals surface area contributed by atoms with Crippen LogP contribution in [-0.4, -0.2) is 29.5 Å². The van der Waals surface area contributed by atoms with Gasteiger partial charge in [-0.3, -0.25) is 4.99 Å². The molecule has 0 aromatic rings. The van der Waals surface area contributed by atoms with Crippen LogP contribution in [0.4, 0.5) is 0 Å². The summed E-state index contributed by atoms with van der Waals surface area (Å²) in [6.07, 6.45) is 5.20. The van der Waals surface area contributed by atoms with E-state index in [0.717, 1.165) is 25.0 Å². The molecular weight excluding hydrogens is 198 g/mol. The molecule has 1 heterocycles. The lowest BCUT2D eigenvalue weighted by Crippen LogP contribution is -2.54. The van der Waals surface area contributed by atoms with Gasteiger partial charge in [-0.2, -0.15) is 0 Å². The lowest BCUT2D eigenvalue weighted by Gasteiger charge is -2.44. The first-order valence-electron chi connectivity index (χ1n) is 6.61. The second-order valence-corrected chi connectivity index (χ2v) is 6.09. The van der Waals surface area contributed by atoms with Crippen molar-refractivity contribution in [2.24, 2.45) is 22.6 Å². The predicted molar refractivity (Wildman–Crippen MR) is 68.4 cm³/mol. The Labute approximate surface area is 99.1 Å². The van der Waals surface area contributed by atoms with E-state index < -0.39 is 0 Å². The van der Waals surface area contributed by atoms with Crippen LogP contribution in [-0.2, 0) is 0 Å². The van der Waals surface area contributed by atoms with Gasteiger partial charge in [-0.1, -0.05) is 20.8 Å². The lowest BCUT2D eigenvalue weighted by atomic mass is 9.76. The molecule has 1 fully saturated rings. The molecule has 0 amide bonds. The minimum atomic E-state index is 0.279. The van der Waals surface area contributed by atoms with Crippen molar-refractivity contribution in [3.63, 3.8) is 0 Å². The first kappa shape index (κ1) is 11.7. The third-order valence-corrected chi connectivity index (χ3v) is 4.14. The molecule has 1 spiro atoms. The second kappa shape index (κ2) is 4.27. The highest BCUT2D eigenvalue weighted by atomic mass is 15.4. The van der Waals surface area contributed by atoms with Crippen LogP contribution in [0.2, 0.25) is 0 Å². The molecule has 0 atom stereocenters. The molecule has 0 unspecified atom stereocenters. The van der Waals surface area contributed by atoms with E-state index in [1.807, 2.05) is 0 Å². The van der Waals surface area contributed by atoms with Crippen molar-refractivity contribution in [2.75, 3.05) is 13.1 Å². The van der Waals surface area contributed by atoms with Gasteiger partial charge in [-0.25, -0.2) is 0 Å². The highest BCUT2D eigenvalue weighted by Gasteiger charge is 2.43. The Kier molecular flexibility index (Phi) is 3.13. The molecule has 0 radical (unpaired) electrons. The van der Waals surface area contributed by atoms with Gasteiger partial charge in [0.15, 0.2) is 5.96 Å². The summed E-state index contributed by atoms with van der Waals surface area (Å²) in [6.45, 7) is 8.86. The van der Waals surface area contributed by atoms with Gasteiger partial charge in [0.1, 0.15) is 0 Å². The molecule has 1 aliphatic heterocycles. The largest absolute Gasteiger partial charge is 0.370 e. The topological polar surface area (TPSA) is 41.6 Å². The van der Waals surface area contributed by atoms with E-state index in [1.54, 1.807) is 0 Å². The summed E-state index contributed by atoms with van der Waals surface area (Å²) in [5.41, 5.74) is 6.32. The highest BCUT2D eigenvalue weighted by molar-refractivity contribution is 5.81. The first-order valence-corrected chi connectivity index (χ1v) is 6.61. The fourth-order valence-electron chi connectivity index (χ4n) is 3.02. The van der Waals surface area contributed by atoms with Gasteiger partial charge in [0.2, 0.25) is 0 Å². The molecule has 3 nitrogen and oxygen atoms in total. The van der Waals surface area contributed by atoms with E-state index in [9.17, 15) is 0 Å². The average molecular weight is 223 g/mol. The molecule has 2 aliphatic rings. The summed E-state index contributed by atoms with van der Waals surface area (Å²) in [7, 11) is 0. The lowest BCUT2D eigenvalue weighted by molar-refractivity contribution is 0.111. The number of nitrogens with zero attached hydrogens (tertiary/aromatic N) is 2. The number of aliphatic imine (C=N–C) groups is 1. The molecule has 1 saturated carbocycles. The van der Waals surface area contributed by atoms with E-state index in [4.69, 9.17) is 5.73 Å². The molecule has 1 aliphatic carbocycles. The summed E-state index contributed by atoms with van der Waals surface area (Å²) in [6, 6.07) is 0. The highest BCUT2D eigenvalue weighted by Crippen LogP contribution is 2.39. The van der Waals surface area contributed by atoms with Crippen molar-refractivity contribution in [3.8, 4) is 0 Å². The van der Waals surface area contributed by atoms with Crippen molar-refractivity contribution in [1.82, 2.24) is 4.90 Å². The van der Waals surface area contributed by atoms with Crippen LogP contribution in [0.25, 0.3) is 0 Å². The minimum Gasteiger partial charge on any atom is -0.370 e. The second-order valence-electron chi connectivity index (χ2n) is 6.09. The zero-order valence-corrected chi connectivity index (χ0v) is 10.9. The summed E-state index contributed by atoms with van der Waals surface area (Å²) in [5.74, 6) is 2.32. The van der Waals surface area contributed by atoms with Crippen LogP contribution < -0.4 is 5.73 Å². The Bertz CT molecular complexity index is 275. The van der Waals surface area contributed by atoms with E-state index in [-0.39, 0.29) is 5.54 Å². The third-order valence-electron chi connectivity index (χ3n) is 4.14. The monoisotopic (exact) mass is 223 g/mol. The van der Waals surface area contributed by atoms with Gasteiger partial charge in [0, 0.05) is 6.54 Å². The number of hydrogen-bond donors (Lipinski definition) is 1. The van der Waals surface area contributed by atoms with Crippen molar-refractivity contribution >= 4 is 5.96 Å². The summed E-state index contributed by atoms with van der Waals surface area (Å²) >= 11 is 0. The Hall–Kier alpha value is -0.730. The standard InChI is InChI=1S/C13H25N3/c1-10(2)8-16-12(14)15-9-13(16)6-4-11(3)5-7-13/h10-11H,4-9H2,1-3H3,(H2,14,15). The normalized spacial score (nSPS) is 34.9. The van der Waals surface area contributed by atoms with Crippen molar-refractivity contribution in [1.29, 1.82) is 0 Å². The number of rotatable bonds is 2. The number of hydrogen-bond acceptors (Lipinski definition) is 3. The van der Waals surface area contributed by atoms with Gasteiger partial charge in [-0.05, 0) is 37.5 Å². The van der Waals surface area contributed by atoms with Crippen LogP contribution in [0.15, 0.2) is 4.99 Å². The molecule has 0 aromatic heterocycles. The molecule has 2 rings (SSSR count). The van der Waals surface area contributed by atoms with E-state index in [2.05, 4.69) is 30.7 Å². The zero-order chi connectivity index (χ0) is 11.8. The average Bonchev–Trinajstić information content (AvgIpc) is 2.52. The maximum Gasteiger partial charge on any atom is 0.191 e. The summed E-state index contributed by atoms with van der Waals surface area (Å²) < 4.78 is 0. The minimum absolute atomic E-state index is 0.279. The molecule has 16 heavy (non-hydrogen) atoms. The van der Waals surface area contributed by atoms with Gasteiger partial charge in [0.05, 0.1) is 12.1 Å². The quantitative estimate of drug-likeness (QED) is 0.780. The van der Waals surface area contributed by atoms with Crippen LogP contribution >= 0.6 is 0 Å². The summed E-state index contributed by atoms with van der Waals surface area (Å²) in [5, 5.41) is 0. The third kappa shape index (κ3) is 2.04. The Morgan fingerprint density at radius 1 is 1.44 bits per heavy atom. The van der Waals surface area contributed by atoms with Crippen molar-refractivity contribution in [2.45, 2.75) is 52.0 Å². The fourth-order valence-corrected chi connectivity index (χ4v) is 3.02. The molecule has 3 heteroatoms. The Balaban J connectivity index is 2.09. The molecule has 0 aromatic carbocycles. The molecule has 2 N–H and O–H groups in total. The van der Waals surface area contributed by atoms with E-state index >= 15 is 0 Å². The van der Waals surface area contributed by atoms with Crippen LogP contribution in [0, 0.1) is 11.8 Å². The van der Waals surface area contributed by atoms with E-state index in [0.29, 0.717) is 5.92 Å². The van der Waals surface area contributed by atoms with Gasteiger partial charge in [0.25, 0.3) is 0 Å². The van der Waals surface area contributed by atoms with Crippen LogP contribution in [0.1, 0.15) is 46.5 Å². The van der Waals surface area contributed by atoms with Gasteiger partial charge < -0.3 is 10.6 Å². The van der Waals surface area contributed by atoms with Gasteiger partial charge >= 0.3 is 0 Å². The first-order chi connectivity index (χ1) is 7.53. The zero-order valence-electron chi connectivity index (χ0n) is 10.9. The Morgan fingerprint density at radius 2 is 2.06 bits per heavy atom. The maximum absolute atomic E-state index is 6.04. The van der Waals surface area contributed by atoms with Crippen LogP contribution in [0.3, 0.4) is 0 Å². The smallest absolute Gasteiger partial charge is 0.191 e. The van der Waals surface area contributed by atoms with Crippen molar-refractivity contribution in [3.05, 3.63) is 0 Å². The van der Waals surface area contributed by atoms with Crippen LogP contribution in [0.5, 0.6) is 0 Å². The van der Waals surface area contributed by atoms with Crippen molar-refractivity contribution < 1.29 is 0 Å². The number of nitrogens with two attached hydrogens (primary N) is 1. The number of guanidine groups is 1. The Morgan fingerprint density at radius 3 is 2.62 bits per heavy atom. The van der Waals surface area contributed by atoms with Gasteiger partial charge in [-0.15, -0.1) is 0 Å². The molecule has 92 valence electrons. The van der Waals surface area contributed by atoms with E-state index in [1.165, 1.54) is 25.7 Å². The molecule has 0 saturated heterocycles. The fraction of sp³-hybridized carbons (Fsp3) is 0.923.